The maximum absolute atomic E-state index is 12.0. The normalized spacial score (nSPS) is 38.3. The third kappa shape index (κ3) is 2.61. The lowest BCUT2D eigenvalue weighted by atomic mass is 9.83. The Balaban J connectivity index is 2.06. The minimum Gasteiger partial charge on any atom is -0.229 e. The first kappa shape index (κ1) is 12.4. The summed E-state index contributed by atoms with van der Waals surface area (Å²) in [4.78, 5) is 0. The van der Waals surface area contributed by atoms with Crippen molar-refractivity contribution in [1.29, 1.82) is 0 Å². The molecule has 0 amide bonds. The molecule has 1 aliphatic heterocycles. The average Bonchev–Trinajstić information content (AvgIpc) is 2.44. The molecule has 3 atom stereocenters. The highest BCUT2D eigenvalue weighted by molar-refractivity contribution is 7.92. The van der Waals surface area contributed by atoms with Gasteiger partial charge in [-0.15, -0.1) is 0 Å². The van der Waals surface area contributed by atoms with Gasteiger partial charge < -0.3 is 0 Å². The number of rotatable bonds is 1. The zero-order valence-electron chi connectivity index (χ0n) is 10.7. The first-order chi connectivity index (χ1) is 7.28. The van der Waals surface area contributed by atoms with E-state index >= 15 is 0 Å². The van der Waals surface area contributed by atoms with Gasteiger partial charge in [-0.3, -0.25) is 0 Å². The van der Waals surface area contributed by atoms with Gasteiger partial charge in [0.05, 0.1) is 11.0 Å². The Kier molecular flexibility index (Phi) is 3.11. The van der Waals surface area contributed by atoms with E-state index in [0.29, 0.717) is 23.0 Å². The van der Waals surface area contributed by atoms with Crippen molar-refractivity contribution in [3.05, 3.63) is 0 Å². The molecular formula is C13H24O2S. The molecule has 1 heterocycles. The van der Waals surface area contributed by atoms with Crippen molar-refractivity contribution in [3.8, 4) is 0 Å². The van der Waals surface area contributed by atoms with Gasteiger partial charge in [-0.25, -0.2) is 8.42 Å². The predicted molar refractivity (Wildman–Crippen MR) is 67.1 cm³/mol. The summed E-state index contributed by atoms with van der Waals surface area (Å²) in [6, 6.07) is 0. The SMILES string of the molecule is CC(C)(C)CC1CC2CCCS(=O)(=O)C2C1. The van der Waals surface area contributed by atoms with Crippen LogP contribution in [0.3, 0.4) is 0 Å². The van der Waals surface area contributed by atoms with E-state index in [2.05, 4.69) is 20.8 Å². The Morgan fingerprint density at radius 2 is 1.88 bits per heavy atom. The van der Waals surface area contributed by atoms with Crippen LogP contribution in [0.4, 0.5) is 0 Å². The van der Waals surface area contributed by atoms with Crippen LogP contribution in [-0.2, 0) is 9.84 Å². The third-order valence-electron chi connectivity index (χ3n) is 4.09. The molecule has 0 aromatic carbocycles. The van der Waals surface area contributed by atoms with Gasteiger partial charge in [-0.05, 0) is 49.4 Å². The Labute approximate surface area is 99.7 Å². The van der Waals surface area contributed by atoms with E-state index in [9.17, 15) is 8.42 Å². The van der Waals surface area contributed by atoms with Crippen LogP contribution in [0, 0.1) is 17.3 Å². The van der Waals surface area contributed by atoms with Crippen molar-refractivity contribution < 1.29 is 8.42 Å². The maximum atomic E-state index is 12.0. The monoisotopic (exact) mass is 244 g/mol. The molecule has 2 nitrogen and oxygen atoms in total. The number of hydrogen-bond acceptors (Lipinski definition) is 2. The molecule has 3 heteroatoms. The Hall–Kier alpha value is -0.0500. The zero-order chi connectivity index (χ0) is 12.0. The molecule has 0 bridgehead atoms. The molecule has 2 fully saturated rings. The fraction of sp³-hybridized carbons (Fsp3) is 1.00. The standard InChI is InChI=1S/C13H24O2S/c1-13(2,3)9-10-7-11-5-4-6-16(14,15)12(11)8-10/h10-12H,4-9H2,1-3H3. The van der Waals surface area contributed by atoms with Crippen molar-refractivity contribution in [2.75, 3.05) is 5.75 Å². The second kappa shape index (κ2) is 4.01. The van der Waals surface area contributed by atoms with Gasteiger partial charge >= 0.3 is 0 Å². The lowest BCUT2D eigenvalue weighted by Gasteiger charge is -2.24. The van der Waals surface area contributed by atoms with Crippen molar-refractivity contribution in [2.45, 2.75) is 58.1 Å². The van der Waals surface area contributed by atoms with Gasteiger partial charge in [-0.2, -0.15) is 0 Å². The van der Waals surface area contributed by atoms with E-state index in [1.807, 2.05) is 0 Å². The Bertz CT molecular complexity index is 351. The van der Waals surface area contributed by atoms with Crippen LogP contribution >= 0.6 is 0 Å². The molecule has 0 N–H and O–H groups in total. The summed E-state index contributed by atoms with van der Waals surface area (Å²) in [5.41, 5.74) is 0.335. The minimum atomic E-state index is -2.75. The van der Waals surface area contributed by atoms with Crippen LogP contribution < -0.4 is 0 Å². The lowest BCUT2D eigenvalue weighted by molar-refractivity contribution is 0.290. The molecule has 1 saturated carbocycles. The molecule has 2 rings (SSSR count). The molecule has 0 aromatic heterocycles. The zero-order valence-corrected chi connectivity index (χ0v) is 11.5. The topological polar surface area (TPSA) is 34.1 Å². The van der Waals surface area contributed by atoms with Crippen molar-refractivity contribution in [3.63, 3.8) is 0 Å². The first-order valence-electron chi connectivity index (χ1n) is 6.49. The Morgan fingerprint density at radius 1 is 1.19 bits per heavy atom. The summed E-state index contributed by atoms with van der Waals surface area (Å²) in [5.74, 6) is 1.56. The van der Waals surface area contributed by atoms with Gasteiger partial charge in [0, 0.05) is 0 Å². The van der Waals surface area contributed by atoms with E-state index in [-0.39, 0.29) is 5.25 Å². The molecule has 1 saturated heterocycles. The molecule has 94 valence electrons. The van der Waals surface area contributed by atoms with Gasteiger partial charge in [0.25, 0.3) is 0 Å². The van der Waals surface area contributed by atoms with Crippen LogP contribution in [-0.4, -0.2) is 19.4 Å². The molecular weight excluding hydrogens is 220 g/mol. The largest absolute Gasteiger partial charge is 0.229 e. The molecule has 16 heavy (non-hydrogen) atoms. The van der Waals surface area contributed by atoms with Crippen LogP contribution in [0.25, 0.3) is 0 Å². The van der Waals surface area contributed by atoms with Crippen LogP contribution in [0.2, 0.25) is 0 Å². The van der Waals surface area contributed by atoms with E-state index in [1.165, 1.54) is 6.42 Å². The Morgan fingerprint density at radius 3 is 2.44 bits per heavy atom. The molecule has 0 radical (unpaired) electrons. The number of hydrogen-bond donors (Lipinski definition) is 0. The molecule has 2 aliphatic rings. The highest BCUT2D eigenvalue weighted by Gasteiger charge is 2.44. The number of sulfone groups is 1. The van der Waals surface area contributed by atoms with Crippen LogP contribution in [0.1, 0.15) is 52.9 Å². The third-order valence-corrected chi connectivity index (χ3v) is 6.45. The summed E-state index contributed by atoms with van der Waals surface area (Å²) in [6.45, 7) is 6.76. The average molecular weight is 244 g/mol. The summed E-state index contributed by atoms with van der Waals surface area (Å²) < 4.78 is 23.9. The van der Waals surface area contributed by atoms with Crippen molar-refractivity contribution in [1.82, 2.24) is 0 Å². The van der Waals surface area contributed by atoms with Gasteiger partial charge in [0.15, 0.2) is 9.84 Å². The molecule has 0 spiro atoms. The summed E-state index contributed by atoms with van der Waals surface area (Å²) in [7, 11) is -2.75. The van der Waals surface area contributed by atoms with E-state index < -0.39 is 9.84 Å². The first-order valence-corrected chi connectivity index (χ1v) is 8.21. The summed E-state index contributed by atoms with van der Waals surface area (Å²) >= 11 is 0. The van der Waals surface area contributed by atoms with E-state index in [0.717, 1.165) is 25.7 Å². The smallest absolute Gasteiger partial charge is 0.153 e. The second-order valence-electron chi connectivity index (χ2n) is 6.91. The second-order valence-corrected chi connectivity index (χ2v) is 9.25. The molecule has 3 unspecified atom stereocenters. The molecule has 0 aromatic rings. The predicted octanol–water partition coefficient (Wildman–Crippen LogP) is 3.03. The van der Waals surface area contributed by atoms with E-state index in [4.69, 9.17) is 0 Å². The van der Waals surface area contributed by atoms with Crippen molar-refractivity contribution >= 4 is 9.84 Å². The van der Waals surface area contributed by atoms with Gasteiger partial charge in [0.1, 0.15) is 0 Å². The van der Waals surface area contributed by atoms with Crippen molar-refractivity contribution in [2.24, 2.45) is 17.3 Å². The number of fused-ring (bicyclic) bond motifs is 1. The lowest BCUT2D eigenvalue weighted by Crippen LogP contribution is -2.32. The minimum absolute atomic E-state index is 0.00796. The van der Waals surface area contributed by atoms with Crippen LogP contribution in [0.15, 0.2) is 0 Å². The van der Waals surface area contributed by atoms with Gasteiger partial charge in [-0.1, -0.05) is 20.8 Å². The fourth-order valence-electron chi connectivity index (χ4n) is 3.67. The van der Waals surface area contributed by atoms with Crippen LogP contribution in [0.5, 0.6) is 0 Å². The summed E-state index contributed by atoms with van der Waals surface area (Å²) in [5, 5.41) is 0.00796. The highest BCUT2D eigenvalue weighted by Crippen LogP contribution is 2.45. The maximum Gasteiger partial charge on any atom is 0.153 e. The van der Waals surface area contributed by atoms with E-state index in [1.54, 1.807) is 0 Å². The quantitative estimate of drug-likeness (QED) is 0.710. The molecule has 1 aliphatic carbocycles. The highest BCUT2D eigenvalue weighted by atomic mass is 32.2. The summed E-state index contributed by atoms with van der Waals surface area (Å²) in [6.07, 6.45) is 5.30. The van der Waals surface area contributed by atoms with Gasteiger partial charge in [0.2, 0.25) is 0 Å². The fourth-order valence-corrected chi connectivity index (χ4v) is 5.94.